The van der Waals surface area contributed by atoms with Gasteiger partial charge in [0.15, 0.2) is 0 Å². The minimum atomic E-state index is 0.101. The maximum absolute atomic E-state index is 7.81. The number of rotatable bonds is 4. The molecule has 1 aliphatic rings. The third-order valence-corrected chi connectivity index (χ3v) is 4.39. The van der Waals surface area contributed by atoms with Crippen molar-refractivity contribution in [3.63, 3.8) is 0 Å². The molecule has 1 aromatic carbocycles. The van der Waals surface area contributed by atoms with Crippen LogP contribution >= 0.6 is 0 Å². The zero-order chi connectivity index (χ0) is 14.8. The molecule has 21 heavy (non-hydrogen) atoms. The zero-order valence-corrected chi connectivity index (χ0v) is 12.5. The number of hydrogen-bond donors (Lipinski definition) is 2. The van der Waals surface area contributed by atoms with Crippen molar-refractivity contribution in [2.75, 3.05) is 18.5 Å². The average molecular weight is 282 g/mol. The Balaban J connectivity index is 1.96. The summed E-state index contributed by atoms with van der Waals surface area (Å²) in [5.41, 5.74) is 7.42. The molecular weight excluding hydrogens is 260 g/mol. The van der Waals surface area contributed by atoms with E-state index in [1.807, 2.05) is 30.3 Å². The quantitative estimate of drug-likeness (QED) is 0.668. The molecule has 1 fully saturated rings. The van der Waals surface area contributed by atoms with Crippen LogP contribution in [-0.4, -0.2) is 24.4 Å². The van der Waals surface area contributed by atoms with Crippen LogP contribution in [0.2, 0.25) is 0 Å². The fourth-order valence-corrected chi connectivity index (χ4v) is 3.25. The molecule has 1 heterocycles. The molecule has 3 N–H and O–H groups in total. The van der Waals surface area contributed by atoms with E-state index >= 15 is 0 Å². The van der Waals surface area contributed by atoms with Gasteiger partial charge in [-0.15, -0.1) is 0 Å². The van der Waals surface area contributed by atoms with Crippen LogP contribution in [0.1, 0.15) is 31.2 Å². The SMILES string of the molecule is CN(CC1CCCC1)c1cc(C(=N)N)c2ccccc2n1. The number of nitrogens with zero attached hydrogens (tertiary/aromatic N) is 2. The topological polar surface area (TPSA) is 66.0 Å². The molecule has 0 saturated heterocycles. The summed E-state index contributed by atoms with van der Waals surface area (Å²) in [5.74, 6) is 1.78. The average Bonchev–Trinajstić information content (AvgIpc) is 2.98. The first-order valence-electron chi connectivity index (χ1n) is 7.60. The van der Waals surface area contributed by atoms with E-state index in [2.05, 4.69) is 11.9 Å². The minimum Gasteiger partial charge on any atom is -0.384 e. The molecule has 0 atom stereocenters. The van der Waals surface area contributed by atoms with Crippen molar-refractivity contribution in [3.8, 4) is 0 Å². The molecule has 110 valence electrons. The Labute approximate surface area is 125 Å². The van der Waals surface area contributed by atoms with Crippen LogP contribution in [0.5, 0.6) is 0 Å². The first-order chi connectivity index (χ1) is 10.1. The van der Waals surface area contributed by atoms with Crippen molar-refractivity contribution in [3.05, 3.63) is 35.9 Å². The van der Waals surface area contributed by atoms with Gasteiger partial charge >= 0.3 is 0 Å². The summed E-state index contributed by atoms with van der Waals surface area (Å²) in [4.78, 5) is 6.94. The second-order valence-electron chi connectivity index (χ2n) is 5.99. The lowest BCUT2D eigenvalue weighted by molar-refractivity contribution is 0.545. The van der Waals surface area contributed by atoms with Crippen molar-refractivity contribution < 1.29 is 0 Å². The third kappa shape index (κ3) is 2.84. The number of pyridine rings is 1. The minimum absolute atomic E-state index is 0.101. The second-order valence-corrected chi connectivity index (χ2v) is 5.99. The molecule has 0 aliphatic heterocycles. The number of aromatic nitrogens is 1. The molecule has 0 unspecified atom stereocenters. The highest BCUT2D eigenvalue weighted by Crippen LogP contribution is 2.28. The first-order valence-corrected chi connectivity index (χ1v) is 7.60. The van der Waals surface area contributed by atoms with Crippen molar-refractivity contribution >= 4 is 22.6 Å². The number of nitrogen functional groups attached to an aromatic ring is 1. The van der Waals surface area contributed by atoms with E-state index in [0.717, 1.165) is 34.7 Å². The van der Waals surface area contributed by atoms with Gasteiger partial charge in [-0.1, -0.05) is 31.0 Å². The van der Waals surface area contributed by atoms with Gasteiger partial charge < -0.3 is 10.6 Å². The van der Waals surface area contributed by atoms with Gasteiger partial charge in [0.25, 0.3) is 0 Å². The molecule has 4 nitrogen and oxygen atoms in total. The van der Waals surface area contributed by atoms with Gasteiger partial charge in [-0.25, -0.2) is 4.98 Å². The van der Waals surface area contributed by atoms with Crippen LogP contribution in [-0.2, 0) is 0 Å². The van der Waals surface area contributed by atoms with Gasteiger partial charge in [-0.05, 0) is 30.9 Å². The van der Waals surface area contributed by atoms with Crippen LogP contribution in [0, 0.1) is 11.3 Å². The van der Waals surface area contributed by atoms with Crippen LogP contribution in [0.15, 0.2) is 30.3 Å². The van der Waals surface area contributed by atoms with Gasteiger partial charge in [0.1, 0.15) is 11.7 Å². The number of amidine groups is 1. The van der Waals surface area contributed by atoms with Gasteiger partial charge in [0, 0.05) is 24.5 Å². The van der Waals surface area contributed by atoms with Crippen LogP contribution in [0.3, 0.4) is 0 Å². The smallest absolute Gasteiger partial charge is 0.129 e. The van der Waals surface area contributed by atoms with Crippen molar-refractivity contribution in [2.24, 2.45) is 11.7 Å². The van der Waals surface area contributed by atoms with Gasteiger partial charge in [-0.2, -0.15) is 0 Å². The summed E-state index contributed by atoms with van der Waals surface area (Å²) in [6, 6.07) is 9.83. The van der Waals surface area contributed by atoms with Gasteiger partial charge in [0.2, 0.25) is 0 Å². The van der Waals surface area contributed by atoms with Crippen molar-refractivity contribution in [1.82, 2.24) is 4.98 Å². The molecule has 0 radical (unpaired) electrons. The largest absolute Gasteiger partial charge is 0.384 e. The fraction of sp³-hybridized carbons (Fsp3) is 0.412. The lowest BCUT2D eigenvalue weighted by atomic mass is 10.1. The normalized spacial score (nSPS) is 15.5. The third-order valence-electron chi connectivity index (χ3n) is 4.39. The van der Waals surface area contributed by atoms with Crippen LogP contribution in [0.25, 0.3) is 10.9 Å². The van der Waals surface area contributed by atoms with E-state index in [4.69, 9.17) is 16.1 Å². The molecule has 1 saturated carbocycles. The Kier molecular flexibility index (Phi) is 3.78. The maximum atomic E-state index is 7.81. The Hall–Kier alpha value is -2.10. The number of fused-ring (bicyclic) bond motifs is 1. The summed E-state index contributed by atoms with van der Waals surface area (Å²) in [7, 11) is 2.08. The predicted octanol–water partition coefficient (Wildman–Crippen LogP) is 3.15. The molecule has 0 bridgehead atoms. The summed E-state index contributed by atoms with van der Waals surface area (Å²) >= 11 is 0. The standard InChI is InChI=1S/C17H22N4/c1-21(11-12-6-2-3-7-12)16-10-14(17(18)19)13-8-4-5-9-15(13)20-16/h4-5,8-10,12H,2-3,6-7,11H2,1H3,(H3,18,19). The summed E-state index contributed by atoms with van der Waals surface area (Å²) in [6.45, 7) is 1.03. The van der Waals surface area contributed by atoms with E-state index in [0.29, 0.717) is 0 Å². The summed E-state index contributed by atoms with van der Waals surface area (Å²) < 4.78 is 0. The molecule has 1 aromatic heterocycles. The van der Waals surface area contributed by atoms with E-state index in [9.17, 15) is 0 Å². The highest BCUT2D eigenvalue weighted by Gasteiger charge is 2.18. The number of anilines is 1. The lowest BCUT2D eigenvalue weighted by Gasteiger charge is -2.23. The summed E-state index contributed by atoms with van der Waals surface area (Å²) in [6.07, 6.45) is 5.33. The molecular formula is C17H22N4. The lowest BCUT2D eigenvalue weighted by Crippen LogP contribution is -2.25. The first kappa shape index (κ1) is 13.9. The van der Waals surface area contributed by atoms with Gasteiger partial charge in [-0.3, -0.25) is 5.41 Å². The highest BCUT2D eigenvalue weighted by atomic mass is 15.2. The molecule has 1 aliphatic carbocycles. The van der Waals surface area contributed by atoms with Gasteiger partial charge in [0.05, 0.1) is 5.52 Å². The molecule has 0 spiro atoms. The van der Waals surface area contributed by atoms with E-state index in [1.54, 1.807) is 0 Å². The fourth-order valence-electron chi connectivity index (χ4n) is 3.25. The Bertz CT molecular complexity index is 659. The molecule has 4 heteroatoms. The number of nitrogens with one attached hydrogen (secondary N) is 1. The van der Waals surface area contributed by atoms with E-state index in [-0.39, 0.29) is 5.84 Å². The monoisotopic (exact) mass is 282 g/mol. The predicted molar refractivity (Wildman–Crippen MR) is 88.0 cm³/mol. The van der Waals surface area contributed by atoms with E-state index in [1.165, 1.54) is 25.7 Å². The Morgan fingerprint density at radius 2 is 2.05 bits per heavy atom. The van der Waals surface area contributed by atoms with Crippen LogP contribution in [0.4, 0.5) is 5.82 Å². The highest BCUT2D eigenvalue weighted by molar-refractivity contribution is 6.07. The molecule has 2 aromatic rings. The second kappa shape index (κ2) is 5.72. The van der Waals surface area contributed by atoms with Crippen molar-refractivity contribution in [2.45, 2.75) is 25.7 Å². The number of benzene rings is 1. The summed E-state index contributed by atoms with van der Waals surface area (Å²) in [5, 5.41) is 8.76. The van der Waals surface area contributed by atoms with Crippen molar-refractivity contribution in [1.29, 1.82) is 5.41 Å². The maximum Gasteiger partial charge on any atom is 0.129 e. The Morgan fingerprint density at radius 3 is 2.76 bits per heavy atom. The molecule has 0 amide bonds. The molecule has 3 rings (SSSR count). The van der Waals surface area contributed by atoms with Crippen LogP contribution < -0.4 is 10.6 Å². The number of nitrogens with two attached hydrogens (primary N) is 1. The zero-order valence-electron chi connectivity index (χ0n) is 12.5. The number of para-hydroxylation sites is 1. The Morgan fingerprint density at radius 1 is 1.33 bits per heavy atom. The number of hydrogen-bond acceptors (Lipinski definition) is 3. The van der Waals surface area contributed by atoms with E-state index < -0.39 is 0 Å².